The van der Waals surface area contributed by atoms with Crippen LogP contribution < -0.4 is 19.1 Å². The molecule has 0 fully saturated rings. The van der Waals surface area contributed by atoms with E-state index in [9.17, 15) is 0 Å². The van der Waals surface area contributed by atoms with E-state index < -0.39 is 0 Å². The van der Waals surface area contributed by atoms with Crippen molar-refractivity contribution in [3.63, 3.8) is 0 Å². The molecular formula is C27H29NO3. The third kappa shape index (κ3) is 3.13. The van der Waals surface area contributed by atoms with Crippen molar-refractivity contribution >= 4 is 5.69 Å². The Morgan fingerprint density at radius 3 is 2.52 bits per heavy atom. The predicted octanol–water partition coefficient (Wildman–Crippen LogP) is 5.75. The van der Waals surface area contributed by atoms with Crippen molar-refractivity contribution in [2.75, 3.05) is 25.7 Å². The minimum atomic E-state index is -0.0970. The van der Waals surface area contributed by atoms with E-state index in [-0.39, 0.29) is 17.4 Å². The summed E-state index contributed by atoms with van der Waals surface area (Å²) in [6.45, 7) is 6.13. The molecule has 2 aliphatic heterocycles. The molecule has 0 saturated carbocycles. The zero-order valence-electron chi connectivity index (χ0n) is 18.6. The summed E-state index contributed by atoms with van der Waals surface area (Å²) in [5.41, 5.74) is 4.87. The number of nitrogens with zero attached hydrogens (tertiary/aromatic N) is 1. The molecule has 5 rings (SSSR count). The fourth-order valence-electron chi connectivity index (χ4n) is 5.29. The van der Waals surface area contributed by atoms with Gasteiger partial charge in [-0.2, -0.15) is 0 Å². The molecule has 0 amide bonds. The Morgan fingerprint density at radius 2 is 1.77 bits per heavy atom. The molecule has 2 heterocycles. The molecule has 0 aliphatic carbocycles. The highest BCUT2D eigenvalue weighted by Crippen LogP contribution is 2.57. The van der Waals surface area contributed by atoms with E-state index in [1.54, 1.807) is 14.2 Å². The van der Waals surface area contributed by atoms with Gasteiger partial charge in [-0.05, 0) is 41.5 Å². The number of hydrogen-bond acceptors (Lipinski definition) is 4. The maximum absolute atomic E-state index is 6.30. The summed E-state index contributed by atoms with van der Waals surface area (Å²) in [7, 11) is 3.47. The number of ether oxygens (including phenoxy) is 3. The van der Waals surface area contributed by atoms with Crippen LogP contribution in [-0.2, 0) is 12.0 Å². The zero-order valence-corrected chi connectivity index (χ0v) is 18.6. The number of hydrogen-bond donors (Lipinski definition) is 0. The SMILES string of the molecule is COc1ccc2c(c1)C(C)(C)[C@H]1COc3cccc(OC)c3[C@H]1N2Cc1ccccc1. The normalized spacial score (nSPS) is 20.7. The van der Waals surface area contributed by atoms with Gasteiger partial charge in [-0.1, -0.05) is 50.2 Å². The summed E-state index contributed by atoms with van der Waals surface area (Å²) in [5.74, 6) is 2.96. The lowest BCUT2D eigenvalue weighted by Gasteiger charge is -2.54. The molecule has 0 bridgehead atoms. The van der Waals surface area contributed by atoms with Gasteiger partial charge in [0.15, 0.2) is 0 Å². The second-order valence-electron chi connectivity index (χ2n) is 8.95. The van der Waals surface area contributed by atoms with E-state index in [4.69, 9.17) is 14.2 Å². The second kappa shape index (κ2) is 7.52. The van der Waals surface area contributed by atoms with Crippen LogP contribution in [0.5, 0.6) is 17.2 Å². The molecule has 0 saturated heterocycles. The summed E-state index contributed by atoms with van der Waals surface area (Å²) in [4.78, 5) is 2.53. The van der Waals surface area contributed by atoms with Crippen LogP contribution in [0, 0.1) is 5.92 Å². The van der Waals surface area contributed by atoms with Gasteiger partial charge in [-0.25, -0.2) is 0 Å². The van der Waals surface area contributed by atoms with E-state index >= 15 is 0 Å². The number of rotatable bonds is 4. The number of fused-ring (bicyclic) bond motifs is 4. The molecule has 31 heavy (non-hydrogen) atoms. The smallest absolute Gasteiger partial charge is 0.128 e. The maximum Gasteiger partial charge on any atom is 0.128 e. The van der Waals surface area contributed by atoms with Crippen molar-refractivity contribution in [3.8, 4) is 17.2 Å². The average Bonchev–Trinajstić information content (AvgIpc) is 2.81. The molecule has 2 aliphatic rings. The van der Waals surface area contributed by atoms with Crippen LogP contribution in [0.25, 0.3) is 0 Å². The van der Waals surface area contributed by atoms with E-state index in [1.165, 1.54) is 16.8 Å². The van der Waals surface area contributed by atoms with Crippen molar-refractivity contribution in [3.05, 3.63) is 83.4 Å². The summed E-state index contributed by atoms with van der Waals surface area (Å²) >= 11 is 0. The minimum Gasteiger partial charge on any atom is -0.497 e. The van der Waals surface area contributed by atoms with Crippen LogP contribution in [0.2, 0.25) is 0 Å². The first kappa shape index (κ1) is 19.8. The lowest BCUT2D eigenvalue weighted by Crippen LogP contribution is -2.51. The van der Waals surface area contributed by atoms with Crippen LogP contribution in [0.1, 0.15) is 36.6 Å². The van der Waals surface area contributed by atoms with Gasteiger partial charge >= 0.3 is 0 Å². The lowest BCUT2D eigenvalue weighted by molar-refractivity contribution is 0.118. The quantitative estimate of drug-likeness (QED) is 0.543. The van der Waals surface area contributed by atoms with E-state index in [0.29, 0.717) is 6.61 Å². The monoisotopic (exact) mass is 415 g/mol. The predicted molar refractivity (Wildman–Crippen MR) is 123 cm³/mol. The summed E-state index contributed by atoms with van der Waals surface area (Å²) in [6, 6.07) is 23.4. The first-order chi connectivity index (χ1) is 15.0. The summed E-state index contributed by atoms with van der Waals surface area (Å²) in [6.07, 6.45) is 0. The first-order valence-corrected chi connectivity index (χ1v) is 10.8. The zero-order chi connectivity index (χ0) is 21.6. The van der Waals surface area contributed by atoms with Gasteiger partial charge in [0, 0.05) is 23.6 Å². The van der Waals surface area contributed by atoms with E-state index in [1.807, 2.05) is 12.1 Å². The summed E-state index contributed by atoms with van der Waals surface area (Å²) in [5, 5.41) is 0. The van der Waals surface area contributed by atoms with Crippen molar-refractivity contribution < 1.29 is 14.2 Å². The largest absolute Gasteiger partial charge is 0.497 e. The molecule has 3 aromatic rings. The fourth-order valence-corrected chi connectivity index (χ4v) is 5.29. The van der Waals surface area contributed by atoms with Crippen LogP contribution >= 0.6 is 0 Å². The number of anilines is 1. The Morgan fingerprint density at radius 1 is 0.968 bits per heavy atom. The van der Waals surface area contributed by atoms with Gasteiger partial charge in [0.1, 0.15) is 17.2 Å². The van der Waals surface area contributed by atoms with Gasteiger partial charge in [0.2, 0.25) is 0 Å². The molecule has 4 nitrogen and oxygen atoms in total. The molecular weight excluding hydrogens is 386 g/mol. The Kier molecular flexibility index (Phi) is 4.81. The van der Waals surface area contributed by atoms with Crippen molar-refractivity contribution in [1.29, 1.82) is 0 Å². The topological polar surface area (TPSA) is 30.9 Å². The highest BCUT2D eigenvalue weighted by atomic mass is 16.5. The Bertz CT molecular complexity index is 1080. The number of benzene rings is 3. The maximum atomic E-state index is 6.30. The van der Waals surface area contributed by atoms with Gasteiger partial charge in [0.05, 0.1) is 32.4 Å². The van der Waals surface area contributed by atoms with E-state index in [2.05, 4.69) is 73.3 Å². The highest BCUT2D eigenvalue weighted by Gasteiger charge is 2.50. The van der Waals surface area contributed by atoms with Crippen LogP contribution in [0.3, 0.4) is 0 Å². The van der Waals surface area contributed by atoms with Crippen LogP contribution in [-0.4, -0.2) is 20.8 Å². The number of methoxy groups -OCH3 is 2. The van der Waals surface area contributed by atoms with Crippen molar-refractivity contribution in [2.24, 2.45) is 5.92 Å². The Hall–Kier alpha value is -3.14. The molecule has 4 heteroatoms. The Balaban J connectivity index is 1.74. The van der Waals surface area contributed by atoms with Gasteiger partial charge in [-0.15, -0.1) is 0 Å². The molecule has 3 aromatic carbocycles. The molecule has 160 valence electrons. The van der Waals surface area contributed by atoms with Crippen molar-refractivity contribution in [2.45, 2.75) is 31.8 Å². The average molecular weight is 416 g/mol. The standard InChI is InChI=1S/C27H29NO3/c1-27(2)20-15-19(29-3)13-14-22(20)28(16-18-9-6-5-7-10-18)26-21(27)17-31-24-12-8-11-23(30-4)25(24)26/h5-15,21,26H,16-17H2,1-4H3/t21-,26-/m0/s1. The molecule has 0 unspecified atom stereocenters. The van der Waals surface area contributed by atoms with Gasteiger partial charge < -0.3 is 19.1 Å². The molecule has 0 spiro atoms. The Labute approximate surface area is 184 Å². The minimum absolute atomic E-state index is 0.0970. The van der Waals surface area contributed by atoms with Crippen molar-refractivity contribution in [1.82, 2.24) is 0 Å². The third-order valence-electron chi connectivity index (χ3n) is 7.01. The first-order valence-electron chi connectivity index (χ1n) is 10.8. The lowest BCUT2D eigenvalue weighted by atomic mass is 9.64. The van der Waals surface area contributed by atoms with E-state index in [0.717, 1.165) is 29.4 Å². The highest BCUT2D eigenvalue weighted by molar-refractivity contribution is 5.66. The van der Waals surface area contributed by atoms with Crippen LogP contribution in [0.15, 0.2) is 66.7 Å². The molecule has 0 N–H and O–H groups in total. The fraction of sp³-hybridized carbons (Fsp3) is 0.333. The second-order valence-corrected chi connectivity index (χ2v) is 8.95. The molecule has 0 aromatic heterocycles. The van der Waals surface area contributed by atoms with Gasteiger partial charge in [-0.3, -0.25) is 0 Å². The third-order valence-corrected chi connectivity index (χ3v) is 7.01. The molecule has 2 atom stereocenters. The van der Waals surface area contributed by atoms with Crippen LogP contribution in [0.4, 0.5) is 5.69 Å². The summed E-state index contributed by atoms with van der Waals surface area (Å²) < 4.78 is 17.7. The molecule has 0 radical (unpaired) electrons. The van der Waals surface area contributed by atoms with Gasteiger partial charge in [0.25, 0.3) is 0 Å².